The number of nitrogens with zero attached hydrogens (tertiary/aromatic N) is 2. The van der Waals surface area contributed by atoms with Crippen molar-refractivity contribution in [2.75, 3.05) is 25.4 Å². The standard InChI is InChI=1S/C21H30N4O2S2/c1-2-9-25-10-7-14(8-11-25)22-18(26)13-28-12-17-23-20(27)19-15-5-3-4-6-16(15)29-21(19)24-17/h14H,2-13H2,1H3,(H,22,26)(H,23,24,27). The minimum Gasteiger partial charge on any atom is -0.353 e. The van der Waals surface area contributed by atoms with Crippen LogP contribution in [0.3, 0.4) is 0 Å². The van der Waals surface area contributed by atoms with Crippen molar-refractivity contribution in [2.45, 2.75) is 63.7 Å². The van der Waals surface area contributed by atoms with Gasteiger partial charge in [0.05, 0.1) is 16.9 Å². The predicted molar refractivity (Wildman–Crippen MR) is 121 cm³/mol. The summed E-state index contributed by atoms with van der Waals surface area (Å²) in [4.78, 5) is 37.2. The summed E-state index contributed by atoms with van der Waals surface area (Å²) in [6.07, 6.45) is 7.67. The van der Waals surface area contributed by atoms with E-state index in [1.807, 2.05) is 0 Å². The number of carbonyl (C=O) groups is 1. The zero-order chi connectivity index (χ0) is 20.2. The highest BCUT2D eigenvalue weighted by molar-refractivity contribution is 7.99. The van der Waals surface area contributed by atoms with Gasteiger partial charge in [-0.25, -0.2) is 4.98 Å². The van der Waals surface area contributed by atoms with E-state index < -0.39 is 0 Å². The largest absolute Gasteiger partial charge is 0.353 e. The van der Waals surface area contributed by atoms with Crippen LogP contribution >= 0.6 is 23.1 Å². The van der Waals surface area contributed by atoms with Crippen LogP contribution in [0.4, 0.5) is 0 Å². The second kappa shape index (κ2) is 9.62. The number of nitrogens with one attached hydrogen (secondary N) is 2. The third kappa shape index (κ3) is 5.03. The molecule has 0 bridgehead atoms. The van der Waals surface area contributed by atoms with E-state index in [4.69, 9.17) is 0 Å². The molecule has 4 rings (SSSR count). The smallest absolute Gasteiger partial charge is 0.259 e. The quantitative estimate of drug-likeness (QED) is 0.700. The lowest BCUT2D eigenvalue weighted by atomic mass is 9.97. The summed E-state index contributed by atoms with van der Waals surface area (Å²) in [6.45, 7) is 5.50. The number of likely N-dealkylation sites (tertiary alicyclic amines) is 1. The van der Waals surface area contributed by atoms with E-state index in [-0.39, 0.29) is 11.5 Å². The molecule has 1 aliphatic carbocycles. The molecule has 8 heteroatoms. The van der Waals surface area contributed by atoms with Crippen molar-refractivity contribution in [3.05, 3.63) is 26.6 Å². The summed E-state index contributed by atoms with van der Waals surface area (Å²) in [5.74, 6) is 1.71. The Kier molecular flexibility index (Phi) is 6.92. The Morgan fingerprint density at radius 2 is 2.10 bits per heavy atom. The van der Waals surface area contributed by atoms with Gasteiger partial charge in [-0.2, -0.15) is 0 Å². The Bertz CT molecular complexity index is 915. The van der Waals surface area contributed by atoms with Crippen molar-refractivity contribution in [1.29, 1.82) is 0 Å². The second-order valence-electron chi connectivity index (χ2n) is 8.08. The lowest BCUT2D eigenvalue weighted by Gasteiger charge is -2.32. The first-order chi connectivity index (χ1) is 14.1. The molecule has 1 amide bonds. The van der Waals surface area contributed by atoms with Crippen molar-refractivity contribution in [1.82, 2.24) is 20.2 Å². The molecule has 0 aromatic carbocycles. The first kappa shape index (κ1) is 20.9. The summed E-state index contributed by atoms with van der Waals surface area (Å²) in [5.41, 5.74) is 1.20. The molecular formula is C21H30N4O2S2. The van der Waals surface area contributed by atoms with Crippen molar-refractivity contribution in [2.24, 2.45) is 0 Å². The van der Waals surface area contributed by atoms with Crippen molar-refractivity contribution >= 4 is 39.2 Å². The Morgan fingerprint density at radius 1 is 1.31 bits per heavy atom. The molecule has 2 aliphatic rings. The van der Waals surface area contributed by atoms with Gasteiger partial charge < -0.3 is 15.2 Å². The van der Waals surface area contributed by atoms with E-state index in [2.05, 4.69) is 27.1 Å². The Balaban J connectivity index is 1.28. The van der Waals surface area contributed by atoms with Crippen LogP contribution in [0, 0.1) is 0 Å². The first-order valence-corrected chi connectivity index (χ1v) is 12.7. The average Bonchev–Trinajstić information content (AvgIpc) is 3.08. The number of aryl methyl sites for hydroxylation is 2. The fourth-order valence-electron chi connectivity index (χ4n) is 4.40. The SMILES string of the molecule is CCCN1CCC(NC(=O)CSCc2nc3sc4c(c3c(=O)[nH]2)CCCC4)CC1. The van der Waals surface area contributed by atoms with Gasteiger partial charge in [0, 0.05) is 24.0 Å². The number of aromatic amines is 1. The molecule has 0 atom stereocenters. The van der Waals surface area contributed by atoms with Crippen LogP contribution in [0.25, 0.3) is 10.2 Å². The lowest BCUT2D eigenvalue weighted by Crippen LogP contribution is -2.45. The van der Waals surface area contributed by atoms with E-state index in [0.717, 1.165) is 62.0 Å². The summed E-state index contributed by atoms with van der Waals surface area (Å²) in [6, 6.07) is 0.294. The molecule has 0 saturated carbocycles. The fourth-order valence-corrected chi connectivity index (χ4v) is 6.39. The molecule has 0 unspecified atom stereocenters. The van der Waals surface area contributed by atoms with Gasteiger partial charge in [-0.15, -0.1) is 23.1 Å². The number of carbonyl (C=O) groups excluding carboxylic acids is 1. The number of H-pyrrole nitrogens is 1. The van der Waals surface area contributed by atoms with Crippen LogP contribution < -0.4 is 10.9 Å². The van der Waals surface area contributed by atoms with Crippen molar-refractivity contribution in [3.63, 3.8) is 0 Å². The van der Waals surface area contributed by atoms with Gasteiger partial charge >= 0.3 is 0 Å². The zero-order valence-corrected chi connectivity index (χ0v) is 18.7. The summed E-state index contributed by atoms with van der Waals surface area (Å²) < 4.78 is 0. The van der Waals surface area contributed by atoms with Gasteiger partial charge in [-0.3, -0.25) is 9.59 Å². The van der Waals surface area contributed by atoms with Crippen LogP contribution in [0.1, 0.15) is 55.3 Å². The Morgan fingerprint density at radius 3 is 2.90 bits per heavy atom. The van der Waals surface area contributed by atoms with E-state index in [0.29, 0.717) is 23.4 Å². The van der Waals surface area contributed by atoms with E-state index in [1.165, 1.54) is 35.0 Å². The maximum absolute atomic E-state index is 12.6. The molecule has 2 N–H and O–H groups in total. The molecule has 6 nitrogen and oxygen atoms in total. The summed E-state index contributed by atoms with van der Waals surface area (Å²) in [5, 5.41) is 3.96. The lowest BCUT2D eigenvalue weighted by molar-refractivity contribution is -0.119. The molecule has 1 saturated heterocycles. The van der Waals surface area contributed by atoms with E-state index >= 15 is 0 Å². The van der Waals surface area contributed by atoms with Crippen molar-refractivity contribution in [3.8, 4) is 0 Å². The van der Waals surface area contributed by atoms with E-state index in [9.17, 15) is 9.59 Å². The minimum atomic E-state index is -0.0201. The monoisotopic (exact) mass is 434 g/mol. The minimum absolute atomic E-state index is 0.0201. The number of amides is 1. The third-order valence-electron chi connectivity index (χ3n) is 5.84. The first-order valence-electron chi connectivity index (χ1n) is 10.8. The molecule has 2 aromatic rings. The van der Waals surface area contributed by atoms with Gasteiger partial charge in [-0.1, -0.05) is 6.92 Å². The van der Waals surface area contributed by atoms with Gasteiger partial charge in [0.15, 0.2) is 0 Å². The third-order valence-corrected chi connectivity index (χ3v) is 7.97. The number of thiophene rings is 1. The van der Waals surface area contributed by atoms with Crippen LogP contribution in [0.15, 0.2) is 4.79 Å². The van der Waals surface area contributed by atoms with Crippen molar-refractivity contribution < 1.29 is 4.79 Å². The second-order valence-corrected chi connectivity index (χ2v) is 10.1. The van der Waals surface area contributed by atoms with Crippen LogP contribution in [0.2, 0.25) is 0 Å². The Labute approximate surface area is 179 Å². The van der Waals surface area contributed by atoms with Crippen LogP contribution in [-0.4, -0.2) is 52.2 Å². The number of fused-ring (bicyclic) bond motifs is 3. The van der Waals surface area contributed by atoms with Crippen LogP contribution in [-0.2, 0) is 23.4 Å². The molecule has 0 radical (unpaired) electrons. The van der Waals surface area contributed by atoms with Crippen LogP contribution in [0.5, 0.6) is 0 Å². The average molecular weight is 435 g/mol. The van der Waals surface area contributed by atoms with Gasteiger partial charge in [0.2, 0.25) is 5.91 Å². The highest BCUT2D eigenvalue weighted by atomic mass is 32.2. The maximum Gasteiger partial charge on any atom is 0.259 e. The summed E-state index contributed by atoms with van der Waals surface area (Å²) in [7, 11) is 0. The van der Waals surface area contributed by atoms with E-state index in [1.54, 1.807) is 11.3 Å². The molecule has 3 heterocycles. The number of hydrogen-bond donors (Lipinski definition) is 2. The maximum atomic E-state index is 12.6. The number of hydrogen-bond acceptors (Lipinski definition) is 6. The molecule has 1 fully saturated rings. The molecule has 2 aromatic heterocycles. The number of aromatic nitrogens is 2. The molecule has 1 aliphatic heterocycles. The molecule has 29 heavy (non-hydrogen) atoms. The predicted octanol–water partition coefficient (Wildman–Crippen LogP) is 3.09. The zero-order valence-electron chi connectivity index (χ0n) is 17.1. The molecular weight excluding hydrogens is 404 g/mol. The number of piperidine rings is 1. The number of thioether (sulfide) groups is 1. The Hall–Kier alpha value is -1.38. The van der Waals surface area contributed by atoms with Gasteiger partial charge in [-0.05, 0) is 57.1 Å². The topological polar surface area (TPSA) is 78.1 Å². The highest BCUT2D eigenvalue weighted by Crippen LogP contribution is 2.33. The molecule has 0 spiro atoms. The number of rotatable bonds is 7. The highest BCUT2D eigenvalue weighted by Gasteiger charge is 2.21. The molecule has 158 valence electrons. The fraction of sp³-hybridized carbons (Fsp3) is 0.667. The normalized spacial score (nSPS) is 18.1. The van der Waals surface area contributed by atoms with Gasteiger partial charge in [0.1, 0.15) is 10.7 Å². The summed E-state index contributed by atoms with van der Waals surface area (Å²) >= 11 is 3.18. The van der Waals surface area contributed by atoms with Gasteiger partial charge in [0.25, 0.3) is 5.56 Å².